The summed E-state index contributed by atoms with van der Waals surface area (Å²) in [5.74, 6) is 0. The Morgan fingerprint density at radius 1 is 0.349 bits per heavy atom. The summed E-state index contributed by atoms with van der Waals surface area (Å²) in [6.07, 6.45) is 44.0. The molecule has 0 aromatic carbocycles. The van der Waals surface area contributed by atoms with Crippen molar-refractivity contribution >= 4 is 0 Å². The summed E-state index contributed by atoms with van der Waals surface area (Å²) in [4.78, 5) is 4.37. The second kappa shape index (κ2) is 39.9. The monoisotopic (exact) mass is 613 g/mol. The maximum atomic E-state index is 8.90. The standard InChI is InChI=1S/C39H80O4/c1-3-5-7-9-11-13-15-17-19-21-23-25-27-29-31-33-35-41-37-39(38-43-40)42-36-34-32-30-28-26-24-22-20-18-16-14-12-10-8-6-4-2/h39-40H,3-38H2,1-2H3/t39-/m1/s1. The third-order valence-electron chi connectivity index (χ3n) is 9.06. The van der Waals surface area contributed by atoms with Gasteiger partial charge < -0.3 is 9.47 Å². The second-order valence-electron chi connectivity index (χ2n) is 13.5. The molecule has 0 saturated carbocycles. The minimum atomic E-state index is -0.164. The minimum Gasteiger partial charge on any atom is -0.379 e. The number of hydrogen-bond donors (Lipinski definition) is 1. The summed E-state index contributed by atoms with van der Waals surface area (Å²) in [6.45, 7) is 6.80. The van der Waals surface area contributed by atoms with Crippen LogP contribution >= 0.6 is 0 Å². The van der Waals surface area contributed by atoms with Crippen molar-refractivity contribution in [2.75, 3.05) is 26.4 Å². The fraction of sp³-hybridized carbons (Fsp3) is 1.00. The number of unbranched alkanes of at least 4 members (excludes halogenated alkanes) is 30. The van der Waals surface area contributed by atoms with E-state index in [4.69, 9.17) is 14.7 Å². The molecule has 0 aliphatic rings. The van der Waals surface area contributed by atoms with Crippen LogP contribution in [0.3, 0.4) is 0 Å². The molecule has 0 aliphatic heterocycles. The zero-order valence-corrected chi connectivity index (χ0v) is 29.7. The summed E-state index contributed by atoms with van der Waals surface area (Å²) in [5, 5.41) is 8.90. The van der Waals surface area contributed by atoms with Crippen molar-refractivity contribution in [1.29, 1.82) is 0 Å². The molecule has 0 radical (unpaired) electrons. The molecular weight excluding hydrogens is 532 g/mol. The van der Waals surface area contributed by atoms with Crippen LogP contribution < -0.4 is 0 Å². The van der Waals surface area contributed by atoms with E-state index >= 15 is 0 Å². The average molecular weight is 613 g/mol. The highest BCUT2D eigenvalue weighted by Crippen LogP contribution is 2.15. The fourth-order valence-corrected chi connectivity index (χ4v) is 6.09. The first-order chi connectivity index (χ1) is 21.3. The fourth-order valence-electron chi connectivity index (χ4n) is 6.09. The van der Waals surface area contributed by atoms with E-state index in [-0.39, 0.29) is 12.7 Å². The zero-order chi connectivity index (χ0) is 31.2. The van der Waals surface area contributed by atoms with E-state index in [1.54, 1.807) is 0 Å². The van der Waals surface area contributed by atoms with Gasteiger partial charge in [-0.25, -0.2) is 4.89 Å². The summed E-state index contributed by atoms with van der Waals surface area (Å²) in [6, 6.07) is 0. The van der Waals surface area contributed by atoms with Crippen LogP contribution in [0.1, 0.15) is 219 Å². The van der Waals surface area contributed by atoms with Crippen LogP contribution in [0.4, 0.5) is 0 Å². The highest BCUT2D eigenvalue weighted by molar-refractivity contribution is 4.56. The first kappa shape index (κ1) is 42.8. The molecule has 0 fully saturated rings. The van der Waals surface area contributed by atoms with E-state index in [2.05, 4.69) is 18.7 Å². The molecule has 0 amide bonds. The third-order valence-corrected chi connectivity index (χ3v) is 9.06. The Labute approximate surface area is 271 Å². The Hall–Kier alpha value is -0.160. The number of hydrogen-bond acceptors (Lipinski definition) is 4. The van der Waals surface area contributed by atoms with Crippen molar-refractivity contribution in [1.82, 2.24) is 0 Å². The van der Waals surface area contributed by atoms with Gasteiger partial charge in [-0.05, 0) is 12.8 Å². The second-order valence-corrected chi connectivity index (χ2v) is 13.5. The molecule has 0 aliphatic carbocycles. The molecule has 43 heavy (non-hydrogen) atoms. The van der Waals surface area contributed by atoms with E-state index in [0.29, 0.717) is 6.61 Å². The van der Waals surface area contributed by atoms with Crippen molar-refractivity contribution in [3.05, 3.63) is 0 Å². The normalized spacial score (nSPS) is 12.3. The predicted molar refractivity (Wildman–Crippen MR) is 188 cm³/mol. The smallest absolute Gasteiger partial charge is 0.110 e. The molecule has 260 valence electrons. The first-order valence-corrected chi connectivity index (χ1v) is 19.8. The predicted octanol–water partition coefficient (Wildman–Crippen LogP) is 13.4. The largest absolute Gasteiger partial charge is 0.379 e. The minimum absolute atomic E-state index is 0.164. The van der Waals surface area contributed by atoms with Gasteiger partial charge in [0.2, 0.25) is 0 Å². The van der Waals surface area contributed by atoms with Gasteiger partial charge in [0.15, 0.2) is 0 Å². The lowest BCUT2D eigenvalue weighted by Crippen LogP contribution is -2.26. The van der Waals surface area contributed by atoms with Crippen LogP contribution in [0, 0.1) is 0 Å². The number of ether oxygens (including phenoxy) is 2. The summed E-state index contributed by atoms with van der Waals surface area (Å²) in [7, 11) is 0. The summed E-state index contributed by atoms with van der Waals surface area (Å²) in [5.41, 5.74) is 0. The van der Waals surface area contributed by atoms with Crippen LogP contribution in [-0.4, -0.2) is 37.8 Å². The Balaban J connectivity index is 3.34. The molecular formula is C39H80O4. The molecule has 0 aromatic heterocycles. The molecule has 0 saturated heterocycles. The van der Waals surface area contributed by atoms with E-state index in [1.807, 2.05) is 0 Å². The van der Waals surface area contributed by atoms with E-state index < -0.39 is 0 Å². The van der Waals surface area contributed by atoms with Crippen molar-refractivity contribution in [2.24, 2.45) is 0 Å². The summed E-state index contributed by atoms with van der Waals surface area (Å²) >= 11 is 0. The quantitative estimate of drug-likeness (QED) is 0.0426. The lowest BCUT2D eigenvalue weighted by Gasteiger charge is -2.16. The van der Waals surface area contributed by atoms with E-state index in [9.17, 15) is 0 Å². The van der Waals surface area contributed by atoms with E-state index in [1.165, 1.54) is 193 Å². The van der Waals surface area contributed by atoms with Gasteiger partial charge in [0, 0.05) is 13.2 Å². The maximum absolute atomic E-state index is 8.90. The highest BCUT2D eigenvalue weighted by atomic mass is 17.1. The Bertz CT molecular complexity index is 472. The Morgan fingerprint density at radius 3 is 0.930 bits per heavy atom. The van der Waals surface area contributed by atoms with Gasteiger partial charge in [0.25, 0.3) is 0 Å². The van der Waals surface area contributed by atoms with Gasteiger partial charge in [-0.15, -0.1) is 0 Å². The van der Waals surface area contributed by atoms with Crippen LogP contribution in [0.5, 0.6) is 0 Å². The molecule has 1 atom stereocenters. The highest BCUT2D eigenvalue weighted by Gasteiger charge is 2.10. The molecule has 0 rings (SSSR count). The molecule has 0 unspecified atom stereocenters. The van der Waals surface area contributed by atoms with Gasteiger partial charge in [-0.1, -0.05) is 206 Å². The zero-order valence-electron chi connectivity index (χ0n) is 29.7. The lowest BCUT2D eigenvalue weighted by atomic mass is 10.0. The molecule has 4 nitrogen and oxygen atoms in total. The maximum Gasteiger partial charge on any atom is 0.110 e. The van der Waals surface area contributed by atoms with Crippen molar-refractivity contribution in [3.8, 4) is 0 Å². The van der Waals surface area contributed by atoms with Crippen molar-refractivity contribution in [3.63, 3.8) is 0 Å². The van der Waals surface area contributed by atoms with Crippen LogP contribution in [0.15, 0.2) is 0 Å². The molecule has 1 N–H and O–H groups in total. The number of rotatable bonds is 39. The van der Waals surface area contributed by atoms with Gasteiger partial charge in [0.05, 0.1) is 6.61 Å². The Morgan fingerprint density at radius 2 is 0.628 bits per heavy atom. The molecule has 0 bridgehead atoms. The van der Waals surface area contributed by atoms with Gasteiger partial charge >= 0.3 is 0 Å². The van der Waals surface area contributed by atoms with Gasteiger partial charge in [0.1, 0.15) is 12.7 Å². The van der Waals surface area contributed by atoms with Crippen LogP contribution in [0.25, 0.3) is 0 Å². The SMILES string of the molecule is CCCCCCCCCCCCCCCCCCOC[C@H](COO)OCCCCCCCCCCCCCCCCCC. The molecule has 0 aromatic rings. The van der Waals surface area contributed by atoms with Gasteiger partial charge in [-0.2, -0.15) is 0 Å². The lowest BCUT2D eigenvalue weighted by molar-refractivity contribution is -0.263. The van der Waals surface area contributed by atoms with Crippen molar-refractivity contribution < 1.29 is 19.6 Å². The Kier molecular flexibility index (Phi) is 39.7. The average Bonchev–Trinajstić information content (AvgIpc) is 3.01. The molecule has 4 heteroatoms. The van der Waals surface area contributed by atoms with Crippen molar-refractivity contribution in [2.45, 2.75) is 225 Å². The molecule has 0 spiro atoms. The van der Waals surface area contributed by atoms with E-state index in [0.717, 1.165) is 26.1 Å². The van der Waals surface area contributed by atoms with Crippen LogP contribution in [0.2, 0.25) is 0 Å². The van der Waals surface area contributed by atoms with Crippen LogP contribution in [-0.2, 0) is 14.4 Å². The van der Waals surface area contributed by atoms with Gasteiger partial charge in [-0.3, -0.25) is 5.26 Å². The topological polar surface area (TPSA) is 47.9 Å². The summed E-state index contributed by atoms with van der Waals surface area (Å²) < 4.78 is 11.8. The molecule has 0 heterocycles. The first-order valence-electron chi connectivity index (χ1n) is 19.8. The third kappa shape index (κ3) is 37.9.